The van der Waals surface area contributed by atoms with Crippen molar-refractivity contribution in [3.05, 3.63) is 21.7 Å². The highest BCUT2D eigenvalue weighted by molar-refractivity contribution is 5.37. The van der Waals surface area contributed by atoms with Gasteiger partial charge < -0.3 is 15.5 Å². The summed E-state index contributed by atoms with van der Waals surface area (Å²) in [6, 6.07) is 0. The van der Waals surface area contributed by atoms with Gasteiger partial charge in [-0.15, -0.1) is 0 Å². The molecule has 0 aliphatic carbocycles. The van der Waals surface area contributed by atoms with Gasteiger partial charge in [0.2, 0.25) is 0 Å². The molecule has 0 amide bonds. The Morgan fingerprint density at radius 2 is 2.19 bits per heavy atom. The molecule has 90 valence electrons. The van der Waals surface area contributed by atoms with Gasteiger partial charge in [-0.2, -0.15) is 0 Å². The van der Waals surface area contributed by atoms with E-state index in [0.29, 0.717) is 36.7 Å². The van der Waals surface area contributed by atoms with Gasteiger partial charge in [-0.3, -0.25) is 4.79 Å². The van der Waals surface area contributed by atoms with Crippen molar-refractivity contribution < 1.29 is 4.74 Å². The summed E-state index contributed by atoms with van der Waals surface area (Å²) in [5.41, 5.74) is 6.24. The lowest BCUT2D eigenvalue weighted by Crippen LogP contribution is -2.20. The average Bonchev–Trinajstić information content (AvgIpc) is 2.24. The van der Waals surface area contributed by atoms with E-state index in [4.69, 9.17) is 10.5 Å². The molecule has 1 heterocycles. The van der Waals surface area contributed by atoms with Crippen LogP contribution in [0.1, 0.15) is 31.2 Å². The lowest BCUT2D eigenvalue weighted by molar-refractivity contribution is 0.194. The van der Waals surface area contributed by atoms with Crippen LogP contribution in [0.3, 0.4) is 0 Å². The maximum Gasteiger partial charge on any atom is 0.256 e. The molecule has 0 aliphatic heterocycles. The van der Waals surface area contributed by atoms with Crippen molar-refractivity contribution in [3.63, 3.8) is 0 Å². The van der Waals surface area contributed by atoms with E-state index < -0.39 is 0 Å². The predicted molar refractivity (Wildman–Crippen MR) is 63.5 cm³/mol. The van der Waals surface area contributed by atoms with Crippen LogP contribution in [0, 0.1) is 0 Å². The van der Waals surface area contributed by atoms with Crippen molar-refractivity contribution in [1.29, 1.82) is 0 Å². The smallest absolute Gasteiger partial charge is 0.256 e. The second kappa shape index (κ2) is 6.27. The first kappa shape index (κ1) is 12.7. The Labute approximate surface area is 95.0 Å². The molecule has 5 nitrogen and oxygen atoms in total. The zero-order chi connectivity index (χ0) is 12.0. The van der Waals surface area contributed by atoms with Crippen LogP contribution in [0.5, 0.6) is 0 Å². The maximum absolute atomic E-state index is 11.7. The third-order valence-corrected chi connectivity index (χ3v) is 2.36. The summed E-state index contributed by atoms with van der Waals surface area (Å²) in [6.45, 7) is 2.66. The number of rotatable bonds is 6. The number of methoxy groups -OCH3 is 1. The van der Waals surface area contributed by atoms with Crippen molar-refractivity contribution in [1.82, 2.24) is 9.97 Å². The normalized spacial score (nSPS) is 10.6. The molecule has 1 aromatic heterocycles. The summed E-state index contributed by atoms with van der Waals surface area (Å²) in [6.07, 6.45) is 3.07. The van der Waals surface area contributed by atoms with Crippen LogP contribution >= 0.6 is 0 Å². The number of nitrogens with one attached hydrogen (secondary N) is 1. The van der Waals surface area contributed by atoms with Crippen LogP contribution in [0.15, 0.2) is 4.79 Å². The number of hydrogen-bond acceptors (Lipinski definition) is 4. The van der Waals surface area contributed by atoms with Crippen LogP contribution in [-0.2, 0) is 17.6 Å². The van der Waals surface area contributed by atoms with Gasteiger partial charge in [-0.05, 0) is 12.8 Å². The van der Waals surface area contributed by atoms with Crippen molar-refractivity contribution in [2.45, 2.75) is 32.6 Å². The van der Waals surface area contributed by atoms with E-state index in [9.17, 15) is 4.79 Å². The summed E-state index contributed by atoms with van der Waals surface area (Å²) in [4.78, 5) is 18.6. The van der Waals surface area contributed by atoms with Crippen LogP contribution in [0.4, 0.5) is 5.82 Å². The SMILES string of the molecule is CCCc1c(N)nc(CCCOC)[nH]c1=O. The molecule has 5 heteroatoms. The first-order chi connectivity index (χ1) is 7.69. The molecule has 0 fully saturated rings. The summed E-state index contributed by atoms with van der Waals surface area (Å²) in [5.74, 6) is 0.998. The Balaban J connectivity index is 2.79. The molecule has 0 unspecified atom stereocenters. The van der Waals surface area contributed by atoms with Gasteiger partial charge in [-0.25, -0.2) is 4.98 Å². The lowest BCUT2D eigenvalue weighted by atomic mass is 10.2. The quantitative estimate of drug-likeness (QED) is 0.704. The molecule has 16 heavy (non-hydrogen) atoms. The van der Waals surface area contributed by atoms with E-state index in [1.54, 1.807) is 7.11 Å². The zero-order valence-corrected chi connectivity index (χ0v) is 9.88. The Morgan fingerprint density at radius 1 is 1.44 bits per heavy atom. The number of aromatic amines is 1. The van der Waals surface area contributed by atoms with Crippen molar-refractivity contribution in [2.24, 2.45) is 0 Å². The van der Waals surface area contributed by atoms with Gasteiger partial charge in [-0.1, -0.05) is 13.3 Å². The van der Waals surface area contributed by atoms with Crippen LogP contribution in [0.2, 0.25) is 0 Å². The number of nitrogens with two attached hydrogens (primary N) is 1. The molecule has 1 rings (SSSR count). The Morgan fingerprint density at radius 3 is 2.75 bits per heavy atom. The van der Waals surface area contributed by atoms with Crippen LogP contribution < -0.4 is 11.3 Å². The van der Waals surface area contributed by atoms with Crippen LogP contribution in [-0.4, -0.2) is 23.7 Å². The fraction of sp³-hybridized carbons (Fsp3) is 0.636. The number of ether oxygens (including phenoxy) is 1. The van der Waals surface area contributed by atoms with Gasteiger partial charge in [0.1, 0.15) is 11.6 Å². The average molecular weight is 225 g/mol. The van der Waals surface area contributed by atoms with E-state index in [1.807, 2.05) is 6.92 Å². The molecule has 0 aliphatic rings. The molecular formula is C11H19N3O2. The molecule has 0 saturated heterocycles. The largest absolute Gasteiger partial charge is 0.385 e. The Kier molecular flexibility index (Phi) is 4.98. The fourth-order valence-corrected chi connectivity index (χ4v) is 1.56. The number of aryl methyl sites for hydroxylation is 1. The van der Waals surface area contributed by atoms with E-state index in [0.717, 1.165) is 12.8 Å². The monoisotopic (exact) mass is 225 g/mol. The van der Waals surface area contributed by atoms with E-state index in [2.05, 4.69) is 9.97 Å². The molecular weight excluding hydrogens is 206 g/mol. The summed E-state index contributed by atoms with van der Waals surface area (Å²) >= 11 is 0. The van der Waals surface area contributed by atoms with Gasteiger partial charge >= 0.3 is 0 Å². The third-order valence-electron chi connectivity index (χ3n) is 2.36. The molecule has 0 aromatic carbocycles. The number of nitrogens with zero attached hydrogens (tertiary/aromatic N) is 1. The highest BCUT2D eigenvalue weighted by atomic mass is 16.5. The molecule has 0 bridgehead atoms. The number of aromatic nitrogens is 2. The molecule has 0 spiro atoms. The maximum atomic E-state index is 11.7. The number of anilines is 1. The second-order valence-electron chi connectivity index (χ2n) is 3.72. The topological polar surface area (TPSA) is 81.0 Å². The van der Waals surface area contributed by atoms with E-state index in [1.165, 1.54) is 0 Å². The van der Waals surface area contributed by atoms with E-state index in [-0.39, 0.29) is 5.56 Å². The summed E-state index contributed by atoms with van der Waals surface area (Å²) in [7, 11) is 1.65. The summed E-state index contributed by atoms with van der Waals surface area (Å²) in [5, 5.41) is 0. The highest BCUT2D eigenvalue weighted by Gasteiger charge is 2.07. The second-order valence-corrected chi connectivity index (χ2v) is 3.72. The minimum Gasteiger partial charge on any atom is -0.385 e. The molecule has 0 atom stereocenters. The van der Waals surface area contributed by atoms with Crippen LogP contribution in [0.25, 0.3) is 0 Å². The minimum absolute atomic E-state index is 0.109. The van der Waals surface area contributed by atoms with Crippen molar-refractivity contribution >= 4 is 5.82 Å². The van der Waals surface area contributed by atoms with Gasteiger partial charge in [0, 0.05) is 20.1 Å². The first-order valence-corrected chi connectivity index (χ1v) is 5.55. The molecule has 3 N–H and O–H groups in total. The molecule has 0 saturated carbocycles. The zero-order valence-electron chi connectivity index (χ0n) is 9.88. The first-order valence-electron chi connectivity index (χ1n) is 5.55. The third kappa shape index (κ3) is 3.34. The predicted octanol–water partition coefficient (Wildman–Crippen LogP) is 0.884. The number of H-pyrrole nitrogens is 1. The summed E-state index contributed by atoms with van der Waals surface area (Å²) < 4.78 is 4.94. The van der Waals surface area contributed by atoms with E-state index >= 15 is 0 Å². The Bertz CT molecular complexity index is 387. The Hall–Kier alpha value is -1.36. The number of nitrogen functional groups attached to an aromatic ring is 1. The highest BCUT2D eigenvalue weighted by Crippen LogP contribution is 2.06. The lowest BCUT2D eigenvalue weighted by Gasteiger charge is -2.05. The minimum atomic E-state index is -0.109. The molecule has 0 radical (unpaired) electrons. The van der Waals surface area contributed by atoms with Crippen molar-refractivity contribution in [2.75, 3.05) is 19.5 Å². The van der Waals surface area contributed by atoms with Crippen molar-refractivity contribution in [3.8, 4) is 0 Å². The standard InChI is InChI=1S/C11H19N3O2/c1-3-5-8-10(12)13-9(14-11(8)15)6-4-7-16-2/h3-7H2,1-2H3,(H3,12,13,14,15). The van der Waals surface area contributed by atoms with Gasteiger partial charge in [0.25, 0.3) is 5.56 Å². The van der Waals surface area contributed by atoms with Gasteiger partial charge in [0.05, 0.1) is 5.56 Å². The number of hydrogen-bond donors (Lipinski definition) is 2. The van der Waals surface area contributed by atoms with Gasteiger partial charge in [0.15, 0.2) is 0 Å². The fourth-order valence-electron chi connectivity index (χ4n) is 1.56. The molecule has 1 aromatic rings.